The summed E-state index contributed by atoms with van der Waals surface area (Å²) >= 11 is 0. The van der Waals surface area contributed by atoms with Crippen molar-refractivity contribution in [1.29, 1.82) is 0 Å². The van der Waals surface area contributed by atoms with Crippen LogP contribution in [0.3, 0.4) is 0 Å². The van der Waals surface area contributed by atoms with E-state index in [1.165, 1.54) is 0 Å². The molecule has 0 aromatic rings. The molecule has 1 aliphatic rings. The average molecular weight is 130 g/mol. The normalized spacial score (nSPS) is 45.0. The molecule has 0 aromatic heterocycles. The van der Waals surface area contributed by atoms with E-state index < -0.39 is 0 Å². The Morgan fingerprint density at radius 3 is 2.67 bits per heavy atom. The van der Waals surface area contributed by atoms with Crippen LogP contribution in [0.15, 0.2) is 0 Å². The van der Waals surface area contributed by atoms with E-state index in [1.54, 1.807) is 0 Å². The van der Waals surface area contributed by atoms with Gasteiger partial charge in [0.1, 0.15) is 6.23 Å². The summed E-state index contributed by atoms with van der Waals surface area (Å²) < 4.78 is 0. The van der Waals surface area contributed by atoms with Gasteiger partial charge in [0.25, 0.3) is 0 Å². The third-order valence-electron chi connectivity index (χ3n) is 1.87. The molecule has 3 nitrogen and oxygen atoms in total. The zero-order chi connectivity index (χ0) is 6.85. The molecule has 3 atom stereocenters. The van der Waals surface area contributed by atoms with Gasteiger partial charge in [0.15, 0.2) is 0 Å². The van der Waals surface area contributed by atoms with Crippen LogP contribution in [0.25, 0.3) is 0 Å². The van der Waals surface area contributed by atoms with Gasteiger partial charge in [-0.2, -0.15) is 0 Å². The summed E-state index contributed by atoms with van der Waals surface area (Å²) in [7, 11) is 0. The minimum Gasteiger partial charge on any atom is -0.379 e. The monoisotopic (exact) mass is 130 g/mol. The van der Waals surface area contributed by atoms with Gasteiger partial charge in [0, 0.05) is 12.1 Å². The predicted molar refractivity (Wildman–Crippen MR) is 35.8 cm³/mol. The highest BCUT2D eigenvalue weighted by atomic mass is 16.3. The van der Waals surface area contributed by atoms with E-state index in [1.807, 2.05) is 6.92 Å². The maximum Gasteiger partial charge on any atom is 0.105 e. The van der Waals surface area contributed by atoms with Gasteiger partial charge in [-0.3, -0.25) is 5.32 Å². The molecule has 0 radical (unpaired) electrons. The van der Waals surface area contributed by atoms with Crippen LogP contribution in [0.1, 0.15) is 19.8 Å². The van der Waals surface area contributed by atoms with Crippen molar-refractivity contribution in [3.8, 4) is 0 Å². The third kappa shape index (κ3) is 1.64. The Bertz CT molecular complexity index is 97.1. The fourth-order valence-corrected chi connectivity index (χ4v) is 1.11. The maximum atomic E-state index is 9.03. The molecule has 54 valence electrons. The van der Waals surface area contributed by atoms with Crippen molar-refractivity contribution >= 4 is 0 Å². The molecule has 0 aromatic carbocycles. The summed E-state index contributed by atoms with van der Waals surface area (Å²) in [6.07, 6.45) is 1.38. The molecule has 4 N–H and O–H groups in total. The number of hydrogen-bond acceptors (Lipinski definition) is 3. The standard InChI is InChI=1S/C6H14N2O/c1-4-5(7)2-3-6(9)8-4/h4-6,8-9H,2-3,7H2,1H3/t4-,5?,6+/m0/s1. The van der Waals surface area contributed by atoms with Crippen molar-refractivity contribution in [3.63, 3.8) is 0 Å². The van der Waals surface area contributed by atoms with Gasteiger partial charge in [-0.15, -0.1) is 0 Å². The van der Waals surface area contributed by atoms with Crippen LogP contribution in [0, 0.1) is 0 Å². The SMILES string of the molecule is C[C@@H]1N[C@H](O)CCC1N. The van der Waals surface area contributed by atoms with Gasteiger partial charge in [0.2, 0.25) is 0 Å². The molecular formula is C6H14N2O. The third-order valence-corrected chi connectivity index (χ3v) is 1.87. The molecule has 0 saturated carbocycles. The first kappa shape index (κ1) is 6.99. The lowest BCUT2D eigenvalue weighted by Crippen LogP contribution is -2.52. The Labute approximate surface area is 55.2 Å². The summed E-state index contributed by atoms with van der Waals surface area (Å²) in [5.74, 6) is 0. The van der Waals surface area contributed by atoms with Crippen molar-refractivity contribution in [3.05, 3.63) is 0 Å². The van der Waals surface area contributed by atoms with E-state index in [9.17, 15) is 0 Å². The zero-order valence-corrected chi connectivity index (χ0v) is 5.67. The van der Waals surface area contributed by atoms with Gasteiger partial charge in [-0.25, -0.2) is 0 Å². The number of rotatable bonds is 0. The highest BCUT2D eigenvalue weighted by Crippen LogP contribution is 2.08. The summed E-state index contributed by atoms with van der Waals surface area (Å²) in [5, 5.41) is 12.0. The van der Waals surface area contributed by atoms with Crippen molar-refractivity contribution in [2.75, 3.05) is 0 Å². The molecule has 0 amide bonds. The first-order chi connectivity index (χ1) is 4.20. The minimum absolute atomic E-state index is 0.216. The first-order valence-electron chi connectivity index (χ1n) is 3.40. The Kier molecular flexibility index (Phi) is 2.05. The number of hydrogen-bond donors (Lipinski definition) is 3. The van der Waals surface area contributed by atoms with Crippen LogP contribution >= 0.6 is 0 Å². The fraction of sp³-hybridized carbons (Fsp3) is 1.00. The fourth-order valence-electron chi connectivity index (χ4n) is 1.11. The van der Waals surface area contributed by atoms with E-state index in [-0.39, 0.29) is 18.3 Å². The summed E-state index contributed by atoms with van der Waals surface area (Å²) in [5.41, 5.74) is 5.67. The topological polar surface area (TPSA) is 58.3 Å². The first-order valence-corrected chi connectivity index (χ1v) is 3.40. The molecule has 1 rings (SSSR count). The molecule has 1 aliphatic heterocycles. The number of piperidine rings is 1. The van der Waals surface area contributed by atoms with Gasteiger partial charge in [0.05, 0.1) is 0 Å². The summed E-state index contributed by atoms with van der Waals surface area (Å²) in [6.45, 7) is 1.99. The van der Waals surface area contributed by atoms with Crippen LogP contribution in [-0.2, 0) is 0 Å². The van der Waals surface area contributed by atoms with Crippen molar-refractivity contribution in [2.24, 2.45) is 5.73 Å². The van der Waals surface area contributed by atoms with E-state index in [2.05, 4.69) is 5.32 Å². The molecule has 1 fully saturated rings. The second-order valence-corrected chi connectivity index (χ2v) is 2.71. The zero-order valence-electron chi connectivity index (χ0n) is 5.67. The van der Waals surface area contributed by atoms with Gasteiger partial charge < -0.3 is 10.8 Å². The van der Waals surface area contributed by atoms with E-state index >= 15 is 0 Å². The predicted octanol–water partition coefficient (Wildman–Crippen LogP) is -0.596. The largest absolute Gasteiger partial charge is 0.379 e. The Morgan fingerprint density at radius 1 is 1.56 bits per heavy atom. The van der Waals surface area contributed by atoms with E-state index in [4.69, 9.17) is 10.8 Å². The lowest BCUT2D eigenvalue weighted by Gasteiger charge is -2.30. The Hall–Kier alpha value is -0.120. The second kappa shape index (κ2) is 2.64. The van der Waals surface area contributed by atoms with Crippen LogP contribution in [0.5, 0.6) is 0 Å². The number of nitrogens with one attached hydrogen (secondary N) is 1. The lowest BCUT2D eigenvalue weighted by molar-refractivity contribution is 0.0811. The van der Waals surface area contributed by atoms with Crippen LogP contribution < -0.4 is 11.1 Å². The summed E-state index contributed by atoms with van der Waals surface area (Å²) in [4.78, 5) is 0. The van der Waals surface area contributed by atoms with Crippen LogP contribution in [-0.4, -0.2) is 23.4 Å². The Morgan fingerprint density at radius 2 is 2.22 bits per heavy atom. The minimum atomic E-state index is -0.334. The maximum absolute atomic E-state index is 9.03. The van der Waals surface area contributed by atoms with Crippen molar-refractivity contribution < 1.29 is 5.11 Å². The highest BCUT2D eigenvalue weighted by molar-refractivity contribution is 4.81. The van der Waals surface area contributed by atoms with Crippen molar-refractivity contribution in [2.45, 2.75) is 38.1 Å². The number of aliphatic hydroxyl groups excluding tert-OH is 1. The smallest absolute Gasteiger partial charge is 0.105 e. The van der Waals surface area contributed by atoms with Crippen LogP contribution in [0.4, 0.5) is 0 Å². The molecule has 0 aliphatic carbocycles. The van der Waals surface area contributed by atoms with Gasteiger partial charge >= 0.3 is 0 Å². The molecule has 9 heavy (non-hydrogen) atoms. The number of nitrogens with two attached hydrogens (primary N) is 1. The quantitative estimate of drug-likeness (QED) is 0.410. The second-order valence-electron chi connectivity index (χ2n) is 2.71. The molecule has 1 unspecified atom stereocenters. The molecule has 0 bridgehead atoms. The van der Waals surface area contributed by atoms with E-state index in [0.29, 0.717) is 0 Å². The lowest BCUT2D eigenvalue weighted by atomic mass is 10.0. The molecule has 3 heteroatoms. The van der Waals surface area contributed by atoms with Gasteiger partial charge in [-0.1, -0.05) is 0 Å². The molecule has 0 spiro atoms. The molecule has 1 saturated heterocycles. The van der Waals surface area contributed by atoms with Gasteiger partial charge in [-0.05, 0) is 19.8 Å². The summed E-state index contributed by atoms with van der Waals surface area (Å²) in [6, 6.07) is 0.474. The molecule has 1 heterocycles. The van der Waals surface area contributed by atoms with Crippen LogP contribution in [0.2, 0.25) is 0 Å². The molecular weight excluding hydrogens is 116 g/mol. The number of aliphatic hydroxyl groups is 1. The average Bonchev–Trinajstić information content (AvgIpc) is 1.80. The van der Waals surface area contributed by atoms with E-state index in [0.717, 1.165) is 12.8 Å². The van der Waals surface area contributed by atoms with Crippen molar-refractivity contribution in [1.82, 2.24) is 5.32 Å². The highest BCUT2D eigenvalue weighted by Gasteiger charge is 2.21. The Balaban J connectivity index is 2.35.